The van der Waals surface area contributed by atoms with E-state index < -0.39 is 27.9 Å². The van der Waals surface area contributed by atoms with Crippen LogP contribution in [0.2, 0.25) is 0 Å². The van der Waals surface area contributed by atoms with Gasteiger partial charge in [0, 0.05) is 19.3 Å². The summed E-state index contributed by atoms with van der Waals surface area (Å²) in [7, 11) is -2.08. The Kier molecular flexibility index (Phi) is 4.38. The average Bonchev–Trinajstić information content (AvgIpc) is 2.78. The van der Waals surface area contributed by atoms with E-state index in [1.54, 1.807) is 0 Å². The van der Waals surface area contributed by atoms with Crippen molar-refractivity contribution in [3.63, 3.8) is 0 Å². The first-order chi connectivity index (χ1) is 11.7. The maximum Gasteiger partial charge on any atom is 0.261 e. The van der Waals surface area contributed by atoms with Crippen molar-refractivity contribution < 1.29 is 22.8 Å². The van der Waals surface area contributed by atoms with Crippen LogP contribution in [0.4, 0.5) is 5.69 Å². The number of amides is 3. The van der Waals surface area contributed by atoms with Gasteiger partial charge in [0.15, 0.2) is 0 Å². The summed E-state index contributed by atoms with van der Waals surface area (Å²) in [4.78, 5) is 37.5. The lowest BCUT2D eigenvalue weighted by Crippen LogP contribution is -2.49. The fourth-order valence-corrected chi connectivity index (χ4v) is 4.35. The third-order valence-electron chi connectivity index (χ3n) is 4.54. The lowest BCUT2D eigenvalue weighted by molar-refractivity contribution is -0.120. The standard InChI is InChI=1S/C16H19N3O5S/c1-18-15(21)11-7-6-10(9-12(11)16(18)22)17-14(20)13-5-3-4-8-19(13)25(2,23)24/h6-7,9,13H,3-5,8H2,1-2H3,(H,17,20). The van der Waals surface area contributed by atoms with Gasteiger partial charge in [-0.15, -0.1) is 0 Å². The third-order valence-corrected chi connectivity index (χ3v) is 5.83. The van der Waals surface area contributed by atoms with Crippen LogP contribution in [-0.2, 0) is 14.8 Å². The summed E-state index contributed by atoms with van der Waals surface area (Å²) >= 11 is 0. The molecule has 0 spiro atoms. The molecule has 1 aromatic rings. The van der Waals surface area contributed by atoms with Crippen molar-refractivity contribution in [3.8, 4) is 0 Å². The summed E-state index contributed by atoms with van der Waals surface area (Å²) in [5.74, 6) is -1.24. The Bertz CT molecular complexity index is 865. The number of fused-ring (bicyclic) bond motifs is 1. The van der Waals surface area contributed by atoms with Gasteiger partial charge in [-0.3, -0.25) is 19.3 Å². The largest absolute Gasteiger partial charge is 0.325 e. The highest BCUT2D eigenvalue weighted by molar-refractivity contribution is 7.88. The Labute approximate surface area is 145 Å². The zero-order chi connectivity index (χ0) is 18.4. The summed E-state index contributed by atoms with van der Waals surface area (Å²) < 4.78 is 25.0. The van der Waals surface area contributed by atoms with Crippen molar-refractivity contribution in [1.29, 1.82) is 0 Å². The zero-order valence-electron chi connectivity index (χ0n) is 14.0. The summed E-state index contributed by atoms with van der Waals surface area (Å²) in [6.07, 6.45) is 3.03. The van der Waals surface area contributed by atoms with E-state index in [9.17, 15) is 22.8 Å². The number of nitrogens with zero attached hydrogens (tertiary/aromatic N) is 2. The lowest BCUT2D eigenvalue weighted by atomic mass is 10.0. The fourth-order valence-electron chi connectivity index (χ4n) is 3.23. The van der Waals surface area contributed by atoms with E-state index in [2.05, 4.69) is 5.32 Å². The predicted octanol–water partition coefficient (Wildman–Crippen LogP) is 0.665. The van der Waals surface area contributed by atoms with E-state index in [0.29, 0.717) is 24.2 Å². The Morgan fingerprint density at radius 2 is 1.84 bits per heavy atom. The lowest BCUT2D eigenvalue weighted by Gasteiger charge is -2.32. The van der Waals surface area contributed by atoms with Crippen LogP contribution in [0.25, 0.3) is 0 Å². The van der Waals surface area contributed by atoms with Crippen molar-refractivity contribution in [3.05, 3.63) is 29.3 Å². The second-order valence-corrected chi connectivity index (χ2v) is 8.24. The smallest absolute Gasteiger partial charge is 0.261 e. The van der Waals surface area contributed by atoms with E-state index in [-0.39, 0.29) is 11.5 Å². The van der Waals surface area contributed by atoms with Gasteiger partial charge in [-0.2, -0.15) is 4.31 Å². The van der Waals surface area contributed by atoms with Crippen LogP contribution in [0.3, 0.4) is 0 Å². The molecule has 134 valence electrons. The normalized spacial score (nSPS) is 21.4. The first-order valence-electron chi connectivity index (χ1n) is 7.94. The van der Waals surface area contributed by atoms with Gasteiger partial charge in [0.2, 0.25) is 15.9 Å². The van der Waals surface area contributed by atoms with Crippen LogP contribution in [0, 0.1) is 0 Å². The minimum absolute atomic E-state index is 0.230. The zero-order valence-corrected chi connectivity index (χ0v) is 14.8. The van der Waals surface area contributed by atoms with E-state index in [1.165, 1.54) is 29.6 Å². The third kappa shape index (κ3) is 3.16. The number of nitrogens with one attached hydrogen (secondary N) is 1. The molecule has 3 rings (SSSR count). The van der Waals surface area contributed by atoms with Gasteiger partial charge in [0.1, 0.15) is 6.04 Å². The SMILES string of the molecule is CN1C(=O)c2ccc(NC(=O)C3CCCCN3S(C)(=O)=O)cc2C1=O. The van der Waals surface area contributed by atoms with E-state index in [0.717, 1.165) is 24.0 Å². The summed E-state index contributed by atoms with van der Waals surface area (Å²) in [6.45, 7) is 0.318. The van der Waals surface area contributed by atoms with Crippen LogP contribution < -0.4 is 5.32 Å². The van der Waals surface area contributed by atoms with E-state index >= 15 is 0 Å². The molecule has 8 nitrogen and oxygen atoms in total. The van der Waals surface area contributed by atoms with E-state index in [4.69, 9.17) is 0 Å². The molecule has 0 aromatic heterocycles. The molecular formula is C16H19N3O5S. The number of rotatable bonds is 3. The Morgan fingerprint density at radius 3 is 2.52 bits per heavy atom. The van der Waals surface area contributed by atoms with Crippen molar-refractivity contribution in [2.24, 2.45) is 0 Å². The second kappa shape index (κ2) is 6.23. The molecule has 1 fully saturated rings. The number of piperidine rings is 1. The van der Waals surface area contributed by atoms with Gasteiger partial charge in [0.05, 0.1) is 17.4 Å². The molecule has 9 heteroatoms. The van der Waals surface area contributed by atoms with Crippen molar-refractivity contribution >= 4 is 33.4 Å². The van der Waals surface area contributed by atoms with Crippen molar-refractivity contribution in [2.75, 3.05) is 25.2 Å². The minimum atomic E-state index is -3.48. The van der Waals surface area contributed by atoms with Crippen LogP contribution in [0.15, 0.2) is 18.2 Å². The van der Waals surface area contributed by atoms with Gasteiger partial charge in [-0.25, -0.2) is 8.42 Å². The van der Waals surface area contributed by atoms with Gasteiger partial charge in [-0.05, 0) is 31.0 Å². The number of carbonyl (C=O) groups excluding carboxylic acids is 3. The summed E-state index contributed by atoms with van der Waals surface area (Å²) in [5, 5.41) is 2.67. The molecular weight excluding hydrogens is 346 g/mol. The van der Waals surface area contributed by atoms with Crippen molar-refractivity contribution in [1.82, 2.24) is 9.21 Å². The first-order valence-corrected chi connectivity index (χ1v) is 9.79. The molecule has 3 amide bonds. The predicted molar refractivity (Wildman–Crippen MR) is 90.7 cm³/mol. The Morgan fingerprint density at radius 1 is 1.16 bits per heavy atom. The van der Waals surface area contributed by atoms with E-state index in [1.807, 2.05) is 0 Å². The molecule has 1 saturated heterocycles. The van der Waals surface area contributed by atoms with Gasteiger partial charge in [-0.1, -0.05) is 6.42 Å². The van der Waals surface area contributed by atoms with Crippen LogP contribution >= 0.6 is 0 Å². The van der Waals surface area contributed by atoms with Gasteiger partial charge in [0.25, 0.3) is 11.8 Å². The quantitative estimate of drug-likeness (QED) is 0.793. The summed E-state index contributed by atoms with van der Waals surface area (Å²) in [5.41, 5.74) is 0.883. The molecule has 0 aliphatic carbocycles. The Balaban J connectivity index is 1.82. The molecule has 1 aromatic carbocycles. The Hall–Kier alpha value is -2.26. The number of benzene rings is 1. The molecule has 0 bridgehead atoms. The highest BCUT2D eigenvalue weighted by atomic mass is 32.2. The molecule has 1 unspecified atom stereocenters. The molecule has 2 heterocycles. The molecule has 1 N–H and O–H groups in total. The molecule has 1 atom stereocenters. The summed E-state index contributed by atoms with van der Waals surface area (Å²) in [6, 6.07) is 3.71. The maximum atomic E-state index is 12.6. The number of hydrogen-bond donors (Lipinski definition) is 1. The molecule has 0 saturated carbocycles. The maximum absolute atomic E-state index is 12.6. The van der Waals surface area contributed by atoms with Gasteiger partial charge < -0.3 is 5.32 Å². The topological polar surface area (TPSA) is 104 Å². The fraction of sp³-hybridized carbons (Fsp3) is 0.438. The average molecular weight is 365 g/mol. The van der Waals surface area contributed by atoms with Crippen LogP contribution in [-0.4, -0.2) is 61.2 Å². The van der Waals surface area contributed by atoms with Crippen LogP contribution in [0.1, 0.15) is 40.0 Å². The molecule has 2 aliphatic heterocycles. The highest BCUT2D eigenvalue weighted by Gasteiger charge is 2.35. The number of sulfonamides is 1. The molecule has 2 aliphatic rings. The first kappa shape index (κ1) is 17.6. The molecule has 0 radical (unpaired) electrons. The number of carbonyl (C=O) groups is 3. The monoisotopic (exact) mass is 365 g/mol. The number of hydrogen-bond acceptors (Lipinski definition) is 5. The van der Waals surface area contributed by atoms with Gasteiger partial charge >= 0.3 is 0 Å². The van der Waals surface area contributed by atoms with Crippen molar-refractivity contribution in [2.45, 2.75) is 25.3 Å². The highest BCUT2D eigenvalue weighted by Crippen LogP contribution is 2.26. The van der Waals surface area contributed by atoms with Crippen LogP contribution in [0.5, 0.6) is 0 Å². The minimum Gasteiger partial charge on any atom is -0.325 e. The second-order valence-electron chi connectivity index (χ2n) is 6.30. The molecule has 25 heavy (non-hydrogen) atoms. The number of imide groups is 1. The number of anilines is 1.